The molecule has 0 atom stereocenters. The lowest BCUT2D eigenvalue weighted by Gasteiger charge is -1.91. The largest absolute Gasteiger partial charge is 0.476 e. The summed E-state index contributed by atoms with van der Waals surface area (Å²) < 4.78 is 1.27. The highest BCUT2D eigenvalue weighted by Gasteiger charge is 2.06. The van der Waals surface area contributed by atoms with Crippen molar-refractivity contribution < 1.29 is 15.0 Å². The molecule has 1 aromatic heterocycles. The number of nitrogens with zero attached hydrogens (tertiary/aromatic N) is 3. The van der Waals surface area contributed by atoms with Gasteiger partial charge in [-0.3, -0.25) is 0 Å². The summed E-state index contributed by atoms with van der Waals surface area (Å²) in [5.74, 6) is -1.12. The molecule has 0 amide bonds. The van der Waals surface area contributed by atoms with Crippen LogP contribution in [0.25, 0.3) is 0 Å². The first kappa shape index (κ1) is 7.67. The number of hydrogen-bond acceptors (Lipinski definition) is 4. The number of aliphatic hydroxyl groups is 1. The first-order valence-electron chi connectivity index (χ1n) is 2.98. The van der Waals surface area contributed by atoms with E-state index in [2.05, 4.69) is 10.3 Å². The summed E-state index contributed by atoms with van der Waals surface area (Å²) >= 11 is 0. The van der Waals surface area contributed by atoms with Crippen molar-refractivity contribution in [3.05, 3.63) is 11.9 Å². The third kappa shape index (κ3) is 1.74. The molecule has 6 heteroatoms. The van der Waals surface area contributed by atoms with Crippen molar-refractivity contribution in [1.29, 1.82) is 0 Å². The molecular formula is C5H7N3O3. The second kappa shape index (κ2) is 3.11. The predicted octanol–water partition coefficient (Wildman–Crippen LogP) is -1.03. The van der Waals surface area contributed by atoms with E-state index in [4.69, 9.17) is 10.2 Å². The third-order valence-electron chi connectivity index (χ3n) is 1.09. The molecule has 1 aromatic rings. The molecule has 60 valence electrons. The SMILES string of the molecule is O=C(O)c1cn(CCO)nn1. The number of aromatic nitrogens is 3. The van der Waals surface area contributed by atoms with Crippen molar-refractivity contribution in [3.63, 3.8) is 0 Å². The molecule has 0 aliphatic carbocycles. The Morgan fingerprint density at radius 3 is 2.91 bits per heavy atom. The molecule has 0 saturated heterocycles. The van der Waals surface area contributed by atoms with Crippen LogP contribution in [0.2, 0.25) is 0 Å². The van der Waals surface area contributed by atoms with E-state index in [0.717, 1.165) is 0 Å². The minimum Gasteiger partial charge on any atom is -0.476 e. The average Bonchev–Trinajstić information content (AvgIpc) is 2.37. The fourth-order valence-electron chi connectivity index (χ4n) is 0.608. The topological polar surface area (TPSA) is 88.2 Å². The summed E-state index contributed by atoms with van der Waals surface area (Å²) in [7, 11) is 0. The van der Waals surface area contributed by atoms with E-state index in [0.29, 0.717) is 0 Å². The maximum atomic E-state index is 10.2. The van der Waals surface area contributed by atoms with E-state index >= 15 is 0 Å². The van der Waals surface area contributed by atoms with Crippen LogP contribution < -0.4 is 0 Å². The molecule has 2 N–H and O–H groups in total. The van der Waals surface area contributed by atoms with E-state index in [-0.39, 0.29) is 18.8 Å². The van der Waals surface area contributed by atoms with E-state index in [1.165, 1.54) is 10.9 Å². The van der Waals surface area contributed by atoms with Crippen molar-refractivity contribution in [3.8, 4) is 0 Å². The van der Waals surface area contributed by atoms with E-state index < -0.39 is 5.97 Å². The fourth-order valence-corrected chi connectivity index (χ4v) is 0.608. The Morgan fingerprint density at radius 1 is 1.73 bits per heavy atom. The molecule has 1 rings (SSSR count). The van der Waals surface area contributed by atoms with Gasteiger partial charge >= 0.3 is 5.97 Å². The molecule has 0 radical (unpaired) electrons. The number of carboxylic acid groups (broad SMARTS) is 1. The van der Waals surface area contributed by atoms with Gasteiger partial charge in [0.2, 0.25) is 0 Å². The van der Waals surface area contributed by atoms with Crippen LogP contribution in [0.1, 0.15) is 10.5 Å². The number of hydrogen-bond donors (Lipinski definition) is 2. The summed E-state index contributed by atoms with van der Waals surface area (Å²) in [6.45, 7) is 0.183. The lowest BCUT2D eigenvalue weighted by atomic mass is 10.5. The minimum absolute atomic E-state index is 0.0809. The van der Waals surface area contributed by atoms with Crippen LogP contribution in [0.3, 0.4) is 0 Å². The average molecular weight is 157 g/mol. The van der Waals surface area contributed by atoms with Gasteiger partial charge in [0, 0.05) is 0 Å². The molecule has 11 heavy (non-hydrogen) atoms. The monoisotopic (exact) mass is 157 g/mol. The van der Waals surface area contributed by atoms with Crippen molar-refractivity contribution in [2.45, 2.75) is 6.54 Å². The van der Waals surface area contributed by atoms with Gasteiger partial charge in [0.25, 0.3) is 0 Å². The zero-order valence-electron chi connectivity index (χ0n) is 5.64. The van der Waals surface area contributed by atoms with E-state index in [9.17, 15) is 4.79 Å². The molecule has 0 aliphatic heterocycles. The Balaban J connectivity index is 2.73. The summed E-state index contributed by atoms with van der Waals surface area (Å²) in [4.78, 5) is 10.2. The molecule has 0 spiro atoms. The molecule has 0 aromatic carbocycles. The van der Waals surface area contributed by atoms with Crippen molar-refractivity contribution >= 4 is 5.97 Å². The fraction of sp³-hybridized carbons (Fsp3) is 0.400. The number of carboxylic acids is 1. The molecule has 6 nitrogen and oxygen atoms in total. The summed E-state index contributed by atoms with van der Waals surface area (Å²) in [5, 5.41) is 23.6. The number of rotatable bonds is 3. The van der Waals surface area contributed by atoms with Gasteiger partial charge in [-0.05, 0) is 0 Å². The molecule has 0 saturated carbocycles. The van der Waals surface area contributed by atoms with Crippen molar-refractivity contribution in [1.82, 2.24) is 15.0 Å². The smallest absolute Gasteiger partial charge is 0.358 e. The van der Waals surface area contributed by atoms with Gasteiger partial charge in [0.05, 0.1) is 19.3 Å². The van der Waals surface area contributed by atoms with Crippen molar-refractivity contribution in [2.24, 2.45) is 0 Å². The Morgan fingerprint density at radius 2 is 2.45 bits per heavy atom. The summed E-state index contributed by atoms with van der Waals surface area (Å²) in [6.07, 6.45) is 1.26. The molecule has 0 fully saturated rings. The van der Waals surface area contributed by atoms with Gasteiger partial charge < -0.3 is 10.2 Å². The lowest BCUT2D eigenvalue weighted by Crippen LogP contribution is -2.02. The van der Waals surface area contributed by atoms with E-state index in [1.54, 1.807) is 0 Å². The predicted molar refractivity (Wildman–Crippen MR) is 34.1 cm³/mol. The molecule has 0 unspecified atom stereocenters. The van der Waals surface area contributed by atoms with E-state index in [1.807, 2.05) is 0 Å². The maximum Gasteiger partial charge on any atom is 0.358 e. The van der Waals surface area contributed by atoms with Crippen LogP contribution in [-0.2, 0) is 6.54 Å². The zero-order chi connectivity index (χ0) is 8.27. The summed E-state index contributed by atoms with van der Waals surface area (Å²) in [5.41, 5.74) is -0.113. The van der Waals surface area contributed by atoms with Gasteiger partial charge in [-0.1, -0.05) is 5.21 Å². The maximum absolute atomic E-state index is 10.2. The Labute approximate surface area is 62.1 Å². The Hall–Kier alpha value is -1.43. The number of carbonyl (C=O) groups is 1. The second-order valence-corrected chi connectivity index (χ2v) is 1.90. The van der Waals surface area contributed by atoms with Crippen LogP contribution in [-0.4, -0.2) is 37.8 Å². The van der Waals surface area contributed by atoms with Crippen LogP contribution >= 0.6 is 0 Å². The molecule has 1 heterocycles. The van der Waals surface area contributed by atoms with Crippen LogP contribution in [0.4, 0.5) is 0 Å². The normalized spacial score (nSPS) is 9.91. The van der Waals surface area contributed by atoms with Gasteiger partial charge in [-0.25, -0.2) is 9.48 Å². The van der Waals surface area contributed by atoms with Crippen LogP contribution in [0, 0.1) is 0 Å². The quantitative estimate of drug-likeness (QED) is 0.585. The minimum atomic E-state index is -1.12. The van der Waals surface area contributed by atoms with Gasteiger partial charge in [0.1, 0.15) is 0 Å². The highest BCUT2D eigenvalue weighted by molar-refractivity contribution is 5.84. The Bertz CT molecular complexity index is 257. The van der Waals surface area contributed by atoms with Gasteiger partial charge in [-0.2, -0.15) is 0 Å². The van der Waals surface area contributed by atoms with Crippen LogP contribution in [0.5, 0.6) is 0 Å². The molecular weight excluding hydrogens is 150 g/mol. The first-order valence-corrected chi connectivity index (χ1v) is 2.98. The van der Waals surface area contributed by atoms with Gasteiger partial charge in [-0.15, -0.1) is 5.10 Å². The third-order valence-corrected chi connectivity index (χ3v) is 1.09. The standard InChI is InChI=1S/C5H7N3O3/c9-2-1-8-3-4(5(10)11)6-7-8/h3,9H,1-2H2,(H,10,11). The van der Waals surface area contributed by atoms with Crippen LogP contribution in [0.15, 0.2) is 6.20 Å². The molecule has 0 bridgehead atoms. The second-order valence-electron chi connectivity index (χ2n) is 1.90. The molecule has 0 aliphatic rings. The Kier molecular flexibility index (Phi) is 2.17. The van der Waals surface area contributed by atoms with Crippen molar-refractivity contribution in [2.75, 3.05) is 6.61 Å². The lowest BCUT2D eigenvalue weighted by molar-refractivity contribution is 0.0690. The zero-order valence-corrected chi connectivity index (χ0v) is 5.64. The summed E-state index contributed by atoms with van der Waals surface area (Å²) in [6, 6.07) is 0. The number of aliphatic hydroxyl groups excluding tert-OH is 1. The highest BCUT2D eigenvalue weighted by atomic mass is 16.4. The first-order chi connectivity index (χ1) is 5.24. The van der Waals surface area contributed by atoms with Gasteiger partial charge in [0.15, 0.2) is 5.69 Å². The number of aromatic carboxylic acids is 1. The highest BCUT2D eigenvalue weighted by Crippen LogP contribution is 1.91.